The highest BCUT2D eigenvalue weighted by Crippen LogP contribution is 2.56. The molecule has 0 saturated heterocycles. The number of rotatable bonds is 2. The molecule has 2 unspecified atom stereocenters. The van der Waals surface area contributed by atoms with Gasteiger partial charge in [-0.15, -0.1) is 0 Å². The Balaban J connectivity index is 1.99. The molecule has 1 aliphatic rings. The molecule has 176 valence electrons. The lowest BCUT2D eigenvalue weighted by Gasteiger charge is -2.49. The molecule has 0 spiro atoms. The number of phenols is 1. The lowest BCUT2D eigenvalue weighted by Crippen LogP contribution is -2.58. The van der Waals surface area contributed by atoms with Crippen LogP contribution in [-0.4, -0.2) is 32.0 Å². The third kappa shape index (κ3) is 3.45. The van der Waals surface area contributed by atoms with Crippen molar-refractivity contribution < 1.29 is 36.6 Å². The number of nitrogens with zero attached hydrogens (tertiary/aromatic N) is 2. The van der Waals surface area contributed by atoms with Gasteiger partial charge in [-0.3, -0.25) is 0 Å². The second-order valence-electron chi connectivity index (χ2n) is 8.82. The first kappa shape index (κ1) is 23.1. The van der Waals surface area contributed by atoms with Gasteiger partial charge in [0, 0.05) is 28.9 Å². The first-order valence-corrected chi connectivity index (χ1v) is 9.86. The minimum Gasteiger partial charge on any atom is -0.505 e. The van der Waals surface area contributed by atoms with E-state index in [0.29, 0.717) is 6.07 Å². The largest absolute Gasteiger partial charge is 0.505 e. The number of fused-ring (bicyclic) bond motifs is 2. The van der Waals surface area contributed by atoms with Crippen LogP contribution < -0.4 is 5.32 Å². The maximum atomic E-state index is 14.3. The maximum absolute atomic E-state index is 14.3. The quantitative estimate of drug-likeness (QED) is 0.449. The van der Waals surface area contributed by atoms with Crippen molar-refractivity contribution in [3.63, 3.8) is 0 Å². The Morgan fingerprint density at radius 3 is 2.42 bits per heavy atom. The van der Waals surface area contributed by atoms with Gasteiger partial charge in [-0.1, -0.05) is 19.9 Å². The number of hydrogen-bond acceptors (Lipinski definition) is 5. The lowest BCUT2D eigenvalue weighted by atomic mass is 9.63. The van der Waals surface area contributed by atoms with Crippen LogP contribution in [-0.2, 0) is 5.41 Å². The van der Waals surface area contributed by atoms with Crippen LogP contribution in [0.15, 0.2) is 24.4 Å². The molecule has 5 nitrogen and oxygen atoms in total. The summed E-state index contributed by atoms with van der Waals surface area (Å²) in [7, 11) is 0. The molecule has 0 radical (unpaired) electrons. The van der Waals surface area contributed by atoms with Crippen molar-refractivity contribution in [2.45, 2.75) is 50.4 Å². The molecule has 1 heterocycles. The summed E-state index contributed by atoms with van der Waals surface area (Å²) in [6, 6.07) is 0.427. The van der Waals surface area contributed by atoms with Crippen molar-refractivity contribution in [3.8, 4) is 5.75 Å². The molecule has 4 rings (SSSR count). The summed E-state index contributed by atoms with van der Waals surface area (Å²) < 4.78 is 85.4. The van der Waals surface area contributed by atoms with Crippen molar-refractivity contribution in [1.29, 1.82) is 0 Å². The third-order valence-electron chi connectivity index (χ3n) is 6.02. The number of aromatic hydroxyl groups is 1. The average Bonchev–Trinajstić information content (AvgIpc) is 2.69. The third-order valence-corrected chi connectivity index (χ3v) is 6.02. The fourth-order valence-corrected chi connectivity index (χ4v) is 4.61. The van der Waals surface area contributed by atoms with Crippen LogP contribution in [0, 0.1) is 24.4 Å². The predicted molar refractivity (Wildman–Crippen MR) is 107 cm³/mol. The van der Waals surface area contributed by atoms with Gasteiger partial charge < -0.3 is 15.5 Å². The molecule has 3 aromatic rings. The van der Waals surface area contributed by atoms with Crippen LogP contribution in [0.5, 0.6) is 5.75 Å². The van der Waals surface area contributed by atoms with Gasteiger partial charge in [0.2, 0.25) is 0 Å². The Morgan fingerprint density at radius 2 is 1.79 bits per heavy atom. The molecule has 2 atom stereocenters. The zero-order valence-electron chi connectivity index (χ0n) is 17.7. The molecule has 1 aromatic heterocycles. The van der Waals surface area contributed by atoms with Crippen molar-refractivity contribution in [2.75, 3.05) is 5.32 Å². The highest BCUT2D eigenvalue weighted by atomic mass is 19.4. The second-order valence-corrected chi connectivity index (χ2v) is 8.82. The zero-order valence-corrected chi connectivity index (χ0v) is 17.7. The molecular formula is C22H19F6N3O2. The number of aryl methyl sites for hydroxylation is 1. The number of nitrogens with one attached hydrogen (secondary N) is 1. The predicted octanol–water partition coefficient (Wildman–Crippen LogP) is 5.19. The van der Waals surface area contributed by atoms with Crippen LogP contribution in [0.3, 0.4) is 0 Å². The van der Waals surface area contributed by atoms with Crippen molar-refractivity contribution >= 4 is 16.6 Å². The molecule has 11 heteroatoms. The van der Waals surface area contributed by atoms with E-state index in [1.807, 2.05) is 0 Å². The fraction of sp³-hybridized carbons (Fsp3) is 0.364. The van der Waals surface area contributed by atoms with Crippen molar-refractivity contribution in [2.24, 2.45) is 0 Å². The Kier molecular flexibility index (Phi) is 5.04. The van der Waals surface area contributed by atoms with Crippen LogP contribution in [0.25, 0.3) is 10.9 Å². The summed E-state index contributed by atoms with van der Waals surface area (Å²) in [5.74, 6) is -4.47. The summed E-state index contributed by atoms with van der Waals surface area (Å²) in [6.45, 7) is 4.10. The SMILES string of the molecule is Cc1ncc2c(NC3c4ccc(F)c(O)c4C(C)(C)CC3(O)C(F)(F)F)cc(F)c(F)c2n1. The average molecular weight is 471 g/mol. The topological polar surface area (TPSA) is 78.3 Å². The van der Waals surface area contributed by atoms with Crippen molar-refractivity contribution in [1.82, 2.24) is 9.97 Å². The van der Waals surface area contributed by atoms with Crippen LogP contribution in [0.1, 0.15) is 43.3 Å². The fourth-order valence-electron chi connectivity index (χ4n) is 4.61. The Hall–Kier alpha value is -3.08. The van der Waals surface area contributed by atoms with E-state index in [4.69, 9.17) is 0 Å². The summed E-state index contributed by atoms with van der Waals surface area (Å²) in [4.78, 5) is 7.72. The van der Waals surface area contributed by atoms with Gasteiger partial charge in [0.25, 0.3) is 0 Å². The number of alkyl halides is 3. The second kappa shape index (κ2) is 7.21. The Labute approximate surface area is 184 Å². The van der Waals surface area contributed by atoms with Gasteiger partial charge in [0.05, 0.1) is 6.04 Å². The summed E-state index contributed by atoms with van der Waals surface area (Å²) in [5.41, 5.74) is -6.04. The number of anilines is 1. The van der Waals surface area contributed by atoms with Gasteiger partial charge >= 0.3 is 6.18 Å². The molecule has 0 amide bonds. The van der Waals surface area contributed by atoms with Gasteiger partial charge in [-0.05, 0) is 30.4 Å². The number of hydrogen-bond donors (Lipinski definition) is 3. The summed E-state index contributed by atoms with van der Waals surface area (Å²) in [5, 5.41) is 23.6. The van der Waals surface area contributed by atoms with E-state index < -0.39 is 58.4 Å². The van der Waals surface area contributed by atoms with Crippen LogP contribution >= 0.6 is 0 Å². The van der Waals surface area contributed by atoms with E-state index in [1.165, 1.54) is 20.8 Å². The monoisotopic (exact) mass is 471 g/mol. The number of benzene rings is 2. The van der Waals surface area contributed by atoms with E-state index in [-0.39, 0.29) is 28.0 Å². The zero-order chi connectivity index (χ0) is 24.5. The van der Waals surface area contributed by atoms with Gasteiger partial charge in [0.15, 0.2) is 28.8 Å². The standard InChI is InChI=1S/C22H19F6N3O2/c1-9-29-7-11-14(6-13(24)16(25)17(11)30-9)31-19-10-4-5-12(23)18(32)15(10)20(2,3)8-21(19,33)22(26,27)28/h4-7,19,31-33H,8H2,1-3H3. The minimum atomic E-state index is -5.18. The van der Waals surface area contributed by atoms with Crippen molar-refractivity contribution in [3.05, 3.63) is 58.8 Å². The van der Waals surface area contributed by atoms with E-state index in [0.717, 1.165) is 18.3 Å². The molecule has 0 fully saturated rings. The molecular weight excluding hydrogens is 452 g/mol. The van der Waals surface area contributed by atoms with E-state index in [2.05, 4.69) is 15.3 Å². The molecule has 33 heavy (non-hydrogen) atoms. The number of aliphatic hydroxyl groups is 1. The van der Waals surface area contributed by atoms with Crippen LogP contribution in [0.2, 0.25) is 0 Å². The smallest absolute Gasteiger partial charge is 0.419 e. The highest BCUT2D eigenvalue weighted by molar-refractivity contribution is 5.91. The Bertz CT molecular complexity index is 1280. The maximum Gasteiger partial charge on any atom is 0.419 e. The van der Waals surface area contributed by atoms with E-state index in [9.17, 15) is 36.6 Å². The van der Waals surface area contributed by atoms with E-state index in [1.54, 1.807) is 0 Å². The normalized spacial score (nSPS) is 22.3. The molecule has 1 aliphatic carbocycles. The molecule has 0 aliphatic heterocycles. The molecule has 0 saturated carbocycles. The molecule has 2 aromatic carbocycles. The number of aromatic nitrogens is 2. The van der Waals surface area contributed by atoms with Gasteiger partial charge in [0.1, 0.15) is 11.3 Å². The van der Waals surface area contributed by atoms with Gasteiger partial charge in [-0.2, -0.15) is 13.2 Å². The Morgan fingerprint density at radius 1 is 1.12 bits per heavy atom. The molecule has 0 bridgehead atoms. The van der Waals surface area contributed by atoms with Crippen LogP contribution in [0.4, 0.5) is 32.0 Å². The minimum absolute atomic E-state index is 0.106. The summed E-state index contributed by atoms with van der Waals surface area (Å²) >= 11 is 0. The number of halogens is 6. The van der Waals surface area contributed by atoms with Gasteiger partial charge in [-0.25, -0.2) is 23.1 Å². The number of phenolic OH excluding ortho intramolecular Hbond substituents is 1. The molecule has 3 N–H and O–H groups in total. The highest BCUT2D eigenvalue weighted by Gasteiger charge is 2.64. The lowest BCUT2D eigenvalue weighted by molar-refractivity contribution is -0.276. The first-order valence-electron chi connectivity index (χ1n) is 9.86. The van der Waals surface area contributed by atoms with E-state index >= 15 is 0 Å². The summed E-state index contributed by atoms with van der Waals surface area (Å²) in [6.07, 6.45) is -5.00. The first-order chi connectivity index (χ1) is 15.2.